The van der Waals surface area contributed by atoms with Crippen molar-refractivity contribution >= 4 is 0 Å². The topological polar surface area (TPSA) is 77.2 Å². The van der Waals surface area contributed by atoms with Crippen LogP contribution in [-0.4, -0.2) is 34.7 Å². The van der Waals surface area contributed by atoms with E-state index in [0.29, 0.717) is 5.82 Å². The Morgan fingerprint density at radius 2 is 2.22 bits per heavy atom. The maximum absolute atomic E-state index is 4.78. The summed E-state index contributed by atoms with van der Waals surface area (Å²) in [6, 6.07) is 0. The summed E-state index contributed by atoms with van der Waals surface area (Å²) in [6.07, 6.45) is 12.3. The first-order chi connectivity index (χ1) is 11.2. The zero-order chi connectivity index (χ0) is 15.8. The predicted octanol–water partition coefficient (Wildman–Crippen LogP) is 2.35. The first-order valence-corrected chi connectivity index (χ1v) is 7.84. The molecule has 118 valence electrons. The van der Waals surface area contributed by atoms with Crippen molar-refractivity contribution in [2.45, 2.75) is 32.6 Å². The third kappa shape index (κ3) is 2.58. The van der Waals surface area contributed by atoms with Gasteiger partial charge >= 0.3 is 0 Å². The summed E-state index contributed by atoms with van der Waals surface area (Å²) in [4.78, 5) is 4.78. The van der Waals surface area contributed by atoms with Crippen molar-refractivity contribution in [2.75, 3.05) is 0 Å². The molecular formula is C16H19N7. The van der Waals surface area contributed by atoms with Crippen LogP contribution in [-0.2, 0) is 13.5 Å². The molecule has 23 heavy (non-hydrogen) atoms. The molecule has 0 saturated heterocycles. The molecule has 0 aliphatic heterocycles. The van der Waals surface area contributed by atoms with Crippen LogP contribution >= 0.6 is 0 Å². The van der Waals surface area contributed by atoms with Crippen LogP contribution in [0.15, 0.2) is 30.2 Å². The maximum atomic E-state index is 4.78. The largest absolute Gasteiger partial charge is 0.282 e. The second kappa shape index (κ2) is 5.49. The molecular weight excluding hydrogens is 290 g/mol. The van der Waals surface area contributed by atoms with Crippen LogP contribution in [0.4, 0.5) is 0 Å². The molecule has 7 nitrogen and oxygen atoms in total. The fourth-order valence-corrected chi connectivity index (χ4v) is 2.97. The SMILES string of the molecule is Cc1[nH]ncc1-c1nc(CC2=CCCC2)n(-c2cnn(C)c2)n1. The van der Waals surface area contributed by atoms with E-state index >= 15 is 0 Å². The van der Waals surface area contributed by atoms with Gasteiger partial charge in [0, 0.05) is 19.2 Å². The molecule has 3 aromatic rings. The molecule has 4 rings (SSSR count). The van der Waals surface area contributed by atoms with Gasteiger partial charge in [0.15, 0.2) is 5.82 Å². The quantitative estimate of drug-likeness (QED) is 0.750. The normalized spacial score (nSPS) is 14.4. The van der Waals surface area contributed by atoms with Crippen molar-refractivity contribution in [3.8, 4) is 17.1 Å². The minimum Gasteiger partial charge on any atom is -0.282 e. The third-order valence-electron chi connectivity index (χ3n) is 4.20. The molecule has 1 N–H and O–H groups in total. The van der Waals surface area contributed by atoms with E-state index in [1.165, 1.54) is 18.4 Å². The van der Waals surface area contributed by atoms with Gasteiger partial charge in [0.25, 0.3) is 0 Å². The summed E-state index contributed by atoms with van der Waals surface area (Å²) >= 11 is 0. The molecule has 1 aliphatic rings. The Kier molecular flexibility index (Phi) is 3.33. The Balaban J connectivity index is 1.78. The number of rotatable bonds is 4. The molecule has 0 radical (unpaired) electrons. The van der Waals surface area contributed by atoms with Gasteiger partial charge in [-0.1, -0.05) is 11.6 Å². The zero-order valence-electron chi connectivity index (χ0n) is 13.3. The molecule has 3 aromatic heterocycles. The number of aryl methyl sites for hydroxylation is 2. The van der Waals surface area contributed by atoms with Gasteiger partial charge in [-0.25, -0.2) is 9.67 Å². The van der Waals surface area contributed by atoms with Crippen LogP contribution in [0.2, 0.25) is 0 Å². The van der Waals surface area contributed by atoms with E-state index in [1.54, 1.807) is 10.9 Å². The molecule has 1 aliphatic carbocycles. The Labute approximate surface area is 134 Å². The van der Waals surface area contributed by atoms with Gasteiger partial charge in [0.05, 0.1) is 24.2 Å². The molecule has 7 heteroatoms. The fraction of sp³-hybridized carbons (Fsp3) is 0.375. The van der Waals surface area contributed by atoms with Crippen molar-refractivity contribution in [1.29, 1.82) is 0 Å². The highest BCUT2D eigenvalue weighted by Crippen LogP contribution is 2.25. The minimum absolute atomic E-state index is 0.703. The first kappa shape index (κ1) is 13.9. The summed E-state index contributed by atoms with van der Waals surface area (Å²) < 4.78 is 3.67. The number of aromatic nitrogens is 7. The van der Waals surface area contributed by atoms with Crippen molar-refractivity contribution in [3.05, 3.63) is 41.8 Å². The number of aromatic amines is 1. The smallest absolute Gasteiger partial charge is 0.185 e. The van der Waals surface area contributed by atoms with Gasteiger partial charge < -0.3 is 0 Å². The van der Waals surface area contributed by atoms with E-state index < -0.39 is 0 Å². The van der Waals surface area contributed by atoms with Crippen LogP contribution in [0.3, 0.4) is 0 Å². The van der Waals surface area contributed by atoms with Crippen LogP contribution in [0, 0.1) is 6.92 Å². The monoisotopic (exact) mass is 309 g/mol. The molecule has 0 unspecified atom stereocenters. The third-order valence-corrected chi connectivity index (χ3v) is 4.20. The lowest BCUT2D eigenvalue weighted by Gasteiger charge is -2.03. The first-order valence-electron chi connectivity index (χ1n) is 7.84. The second-order valence-corrected chi connectivity index (χ2v) is 5.98. The highest BCUT2D eigenvalue weighted by atomic mass is 15.4. The molecule has 0 amide bonds. The Morgan fingerprint density at radius 3 is 2.87 bits per heavy atom. The lowest BCUT2D eigenvalue weighted by molar-refractivity contribution is 0.762. The Hall–Kier alpha value is -2.70. The van der Waals surface area contributed by atoms with Crippen LogP contribution < -0.4 is 0 Å². The number of allylic oxidation sites excluding steroid dienone is 2. The fourth-order valence-electron chi connectivity index (χ4n) is 2.97. The van der Waals surface area contributed by atoms with Gasteiger partial charge in [-0.05, 0) is 26.2 Å². The van der Waals surface area contributed by atoms with E-state index in [2.05, 4.69) is 21.4 Å². The van der Waals surface area contributed by atoms with Crippen LogP contribution in [0.1, 0.15) is 30.8 Å². The molecule has 0 atom stereocenters. The number of hydrogen-bond acceptors (Lipinski definition) is 4. The van der Waals surface area contributed by atoms with E-state index in [0.717, 1.165) is 35.6 Å². The summed E-state index contributed by atoms with van der Waals surface area (Å²) in [5.41, 5.74) is 4.29. The summed E-state index contributed by atoms with van der Waals surface area (Å²) in [5, 5.41) is 16.0. The lowest BCUT2D eigenvalue weighted by Crippen LogP contribution is -2.03. The molecule has 0 bridgehead atoms. The maximum Gasteiger partial charge on any atom is 0.185 e. The Bertz CT molecular complexity index is 865. The number of nitrogens with zero attached hydrogens (tertiary/aromatic N) is 6. The average Bonchev–Trinajstić information content (AvgIpc) is 3.27. The number of nitrogens with one attached hydrogen (secondary N) is 1. The van der Waals surface area contributed by atoms with Crippen molar-refractivity contribution in [3.63, 3.8) is 0 Å². The number of H-pyrrole nitrogens is 1. The molecule has 0 saturated carbocycles. The molecule has 3 heterocycles. The highest BCUT2D eigenvalue weighted by Gasteiger charge is 2.18. The van der Waals surface area contributed by atoms with Crippen molar-refractivity contribution in [2.24, 2.45) is 7.05 Å². The zero-order valence-corrected chi connectivity index (χ0v) is 13.3. The van der Waals surface area contributed by atoms with Crippen LogP contribution in [0.25, 0.3) is 17.1 Å². The highest BCUT2D eigenvalue weighted by molar-refractivity contribution is 5.56. The summed E-state index contributed by atoms with van der Waals surface area (Å²) in [7, 11) is 1.90. The average molecular weight is 309 g/mol. The molecule has 0 aromatic carbocycles. The van der Waals surface area contributed by atoms with Crippen LogP contribution in [0.5, 0.6) is 0 Å². The standard InChI is InChI=1S/C16H19N7/c1-11-14(9-17-20-11)16-19-15(7-12-5-3-4-6-12)23(21-16)13-8-18-22(2)10-13/h5,8-10H,3-4,6-7H2,1-2H3,(H,17,20). The van der Waals surface area contributed by atoms with E-state index in [-0.39, 0.29) is 0 Å². The van der Waals surface area contributed by atoms with E-state index in [4.69, 9.17) is 10.1 Å². The summed E-state index contributed by atoms with van der Waals surface area (Å²) in [5.74, 6) is 1.65. The number of hydrogen-bond donors (Lipinski definition) is 1. The minimum atomic E-state index is 0.703. The van der Waals surface area contributed by atoms with Gasteiger partial charge in [-0.15, -0.1) is 5.10 Å². The molecule has 0 spiro atoms. The predicted molar refractivity (Wildman–Crippen MR) is 86.1 cm³/mol. The van der Waals surface area contributed by atoms with Gasteiger partial charge in [-0.3, -0.25) is 9.78 Å². The van der Waals surface area contributed by atoms with Gasteiger partial charge in [0.2, 0.25) is 0 Å². The van der Waals surface area contributed by atoms with Gasteiger partial charge in [-0.2, -0.15) is 10.2 Å². The molecule has 0 fully saturated rings. The van der Waals surface area contributed by atoms with E-state index in [1.807, 2.05) is 31.0 Å². The van der Waals surface area contributed by atoms with Gasteiger partial charge in [0.1, 0.15) is 11.5 Å². The van der Waals surface area contributed by atoms with Crippen molar-refractivity contribution in [1.82, 2.24) is 34.7 Å². The lowest BCUT2D eigenvalue weighted by atomic mass is 10.1. The Morgan fingerprint density at radius 1 is 1.30 bits per heavy atom. The van der Waals surface area contributed by atoms with Crippen molar-refractivity contribution < 1.29 is 0 Å². The van der Waals surface area contributed by atoms with E-state index in [9.17, 15) is 0 Å². The second-order valence-electron chi connectivity index (χ2n) is 5.98. The summed E-state index contributed by atoms with van der Waals surface area (Å²) in [6.45, 7) is 1.98.